The van der Waals surface area contributed by atoms with E-state index in [-0.39, 0.29) is 5.41 Å². The Morgan fingerprint density at radius 2 is 1.93 bits per heavy atom. The highest BCUT2D eigenvalue weighted by Gasteiger charge is 2.21. The Bertz CT molecular complexity index is 342. The van der Waals surface area contributed by atoms with Crippen molar-refractivity contribution in [1.82, 2.24) is 0 Å². The average molecular weight is 188 g/mol. The van der Waals surface area contributed by atoms with Crippen molar-refractivity contribution in [3.05, 3.63) is 34.9 Å². The zero-order valence-corrected chi connectivity index (χ0v) is 9.72. The topological polar surface area (TPSA) is 0 Å². The maximum Gasteiger partial charge on any atom is -0.0132 e. The van der Waals surface area contributed by atoms with E-state index in [2.05, 4.69) is 45.9 Å². The van der Waals surface area contributed by atoms with Gasteiger partial charge in [-0.25, -0.2) is 0 Å². The van der Waals surface area contributed by atoms with Crippen LogP contribution in [0.1, 0.15) is 56.7 Å². The molecule has 0 fully saturated rings. The zero-order chi connectivity index (χ0) is 10.3. The quantitative estimate of drug-likeness (QED) is 0.576. The first-order valence-corrected chi connectivity index (χ1v) is 5.62. The third-order valence-electron chi connectivity index (χ3n) is 3.39. The molecule has 2 rings (SSSR count). The molecule has 0 bridgehead atoms. The molecule has 1 aromatic carbocycles. The Morgan fingerprint density at radius 3 is 2.57 bits per heavy atom. The Hall–Kier alpha value is -0.780. The number of rotatable bonds is 0. The van der Waals surface area contributed by atoms with Gasteiger partial charge in [0.15, 0.2) is 0 Å². The zero-order valence-electron chi connectivity index (χ0n) is 9.72. The van der Waals surface area contributed by atoms with Gasteiger partial charge in [0.05, 0.1) is 0 Å². The number of aryl methyl sites for hydroxylation is 1. The van der Waals surface area contributed by atoms with Crippen LogP contribution in [0, 0.1) is 0 Å². The molecule has 0 radical (unpaired) electrons. The van der Waals surface area contributed by atoms with Crippen LogP contribution < -0.4 is 0 Å². The SMILES string of the molecule is C[C@H]1CCc2ccc(C(C)(C)C)cc21. The molecular formula is C14H20. The Morgan fingerprint density at radius 1 is 1.21 bits per heavy atom. The summed E-state index contributed by atoms with van der Waals surface area (Å²) in [7, 11) is 0. The van der Waals surface area contributed by atoms with E-state index in [1.807, 2.05) is 0 Å². The van der Waals surface area contributed by atoms with Gasteiger partial charge in [-0.15, -0.1) is 0 Å². The first-order chi connectivity index (χ1) is 6.48. The lowest BCUT2D eigenvalue weighted by Crippen LogP contribution is -2.11. The van der Waals surface area contributed by atoms with Crippen LogP contribution in [0.25, 0.3) is 0 Å². The molecule has 0 heteroatoms. The van der Waals surface area contributed by atoms with Gasteiger partial charge in [-0.2, -0.15) is 0 Å². The molecule has 0 saturated heterocycles. The molecule has 1 aromatic rings. The molecule has 0 heterocycles. The maximum absolute atomic E-state index is 2.42. The van der Waals surface area contributed by atoms with Crippen LogP contribution in [0.4, 0.5) is 0 Å². The van der Waals surface area contributed by atoms with E-state index < -0.39 is 0 Å². The Kier molecular flexibility index (Phi) is 2.17. The number of hydrogen-bond acceptors (Lipinski definition) is 0. The predicted octanol–water partition coefficient (Wildman–Crippen LogP) is 4.03. The molecule has 0 N–H and O–H groups in total. The van der Waals surface area contributed by atoms with Crippen LogP contribution in [0.15, 0.2) is 18.2 Å². The summed E-state index contributed by atoms with van der Waals surface area (Å²) in [5.74, 6) is 0.771. The highest BCUT2D eigenvalue weighted by atomic mass is 14.3. The summed E-state index contributed by atoms with van der Waals surface area (Å²) in [4.78, 5) is 0. The molecule has 0 unspecified atom stereocenters. The van der Waals surface area contributed by atoms with E-state index in [1.54, 1.807) is 11.1 Å². The lowest BCUT2D eigenvalue weighted by Gasteiger charge is -2.20. The van der Waals surface area contributed by atoms with Gasteiger partial charge in [-0.3, -0.25) is 0 Å². The van der Waals surface area contributed by atoms with E-state index in [9.17, 15) is 0 Å². The third kappa shape index (κ3) is 1.58. The van der Waals surface area contributed by atoms with Crippen LogP contribution >= 0.6 is 0 Å². The lowest BCUT2D eigenvalue weighted by molar-refractivity contribution is 0.588. The summed E-state index contributed by atoms with van der Waals surface area (Å²) in [5.41, 5.74) is 4.94. The fraction of sp³-hybridized carbons (Fsp3) is 0.571. The van der Waals surface area contributed by atoms with Crippen molar-refractivity contribution in [2.24, 2.45) is 0 Å². The molecule has 0 nitrogen and oxygen atoms in total. The largest absolute Gasteiger partial charge is 0.0585 e. The highest BCUT2D eigenvalue weighted by molar-refractivity contribution is 5.40. The molecule has 76 valence electrons. The number of fused-ring (bicyclic) bond motifs is 1. The second-order valence-corrected chi connectivity index (χ2v) is 5.60. The second-order valence-electron chi connectivity index (χ2n) is 5.60. The van der Waals surface area contributed by atoms with Gasteiger partial charge in [-0.1, -0.05) is 45.9 Å². The second kappa shape index (κ2) is 3.12. The van der Waals surface area contributed by atoms with Crippen molar-refractivity contribution in [3.63, 3.8) is 0 Å². The van der Waals surface area contributed by atoms with Gasteiger partial charge < -0.3 is 0 Å². The van der Waals surface area contributed by atoms with Crippen LogP contribution in [-0.2, 0) is 11.8 Å². The molecule has 1 atom stereocenters. The predicted molar refractivity (Wildman–Crippen MR) is 61.9 cm³/mol. The van der Waals surface area contributed by atoms with Crippen molar-refractivity contribution in [1.29, 1.82) is 0 Å². The minimum absolute atomic E-state index is 0.289. The van der Waals surface area contributed by atoms with Crippen molar-refractivity contribution < 1.29 is 0 Å². The minimum Gasteiger partial charge on any atom is -0.0585 e. The van der Waals surface area contributed by atoms with Crippen LogP contribution in [-0.4, -0.2) is 0 Å². The molecule has 14 heavy (non-hydrogen) atoms. The van der Waals surface area contributed by atoms with Gasteiger partial charge in [0.25, 0.3) is 0 Å². The fourth-order valence-electron chi connectivity index (χ4n) is 2.28. The number of hydrogen-bond donors (Lipinski definition) is 0. The smallest absolute Gasteiger partial charge is 0.0132 e. The lowest BCUT2D eigenvalue weighted by atomic mass is 9.85. The first-order valence-electron chi connectivity index (χ1n) is 5.62. The maximum atomic E-state index is 2.42. The summed E-state index contributed by atoms with van der Waals surface area (Å²) in [6, 6.07) is 7.06. The highest BCUT2D eigenvalue weighted by Crippen LogP contribution is 2.35. The summed E-state index contributed by atoms with van der Waals surface area (Å²) in [6.07, 6.45) is 2.61. The van der Waals surface area contributed by atoms with E-state index in [4.69, 9.17) is 0 Å². The van der Waals surface area contributed by atoms with Crippen LogP contribution in [0.2, 0.25) is 0 Å². The van der Waals surface area contributed by atoms with Crippen molar-refractivity contribution >= 4 is 0 Å². The van der Waals surface area contributed by atoms with Gasteiger partial charge >= 0.3 is 0 Å². The van der Waals surface area contributed by atoms with Gasteiger partial charge in [0, 0.05) is 0 Å². The van der Waals surface area contributed by atoms with Gasteiger partial charge in [-0.05, 0) is 40.9 Å². The van der Waals surface area contributed by atoms with E-state index in [1.165, 1.54) is 18.4 Å². The van der Waals surface area contributed by atoms with Crippen molar-refractivity contribution in [3.8, 4) is 0 Å². The summed E-state index contributed by atoms with van der Waals surface area (Å²) in [5, 5.41) is 0. The first kappa shape index (κ1) is 9.76. The molecule has 0 aliphatic heterocycles. The Balaban J connectivity index is 2.45. The fourth-order valence-corrected chi connectivity index (χ4v) is 2.28. The van der Waals surface area contributed by atoms with E-state index in [0.717, 1.165) is 5.92 Å². The van der Waals surface area contributed by atoms with Crippen LogP contribution in [0.5, 0.6) is 0 Å². The van der Waals surface area contributed by atoms with Crippen molar-refractivity contribution in [2.45, 2.75) is 51.9 Å². The van der Waals surface area contributed by atoms with Crippen molar-refractivity contribution in [2.75, 3.05) is 0 Å². The van der Waals surface area contributed by atoms with Gasteiger partial charge in [0.2, 0.25) is 0 Å². The monoisotopic (exact) mass is 188 g/mol. The molecule has 1 aliphatic rings. The molecular weight excluding hydrogens is 168 g/mol. The Labute approximate surface area is 87.3 Å². The molecule has 0 spiro atoms. The molecule has 1 aliphatic carbocycles. The van der Waals surface area contributed by atoms with Gasteiger partial charge in [0.1, 0.15) is 0 Å². The summed E-state index contributed by atoms with van der Waals surface area (Å²) >= 11 is 0. The van der Waals surface area contributed by atoms with Crippen LogP contribution in [0.3, 0.4) is 0 Å². The average Bonchev–Trinajstić information content (AvgIpc) is 2.46. The van der Waals surface area contributed by atoms with E-state index in [0.29, 0.717) is 0 Å². The normalized spacial score (nSPS) is 21.0. The summed E-state index contributed by atoms with van der Waals surface area (Å²) < 4.78 is 0. The summed E-state index contributed by atoms with van der Waals surface area (Å²) in [6.45, 7) is 9.20. The minimum atomic E-state index is 0.289. The molecule has 0 aromatic heterocycles. The number of benzene rings is 1. The molecule has 0 amide bonds. The standard InChI is InChI=1S/C14H20/c1-10-5-6-11-7-8-12(9-13(10)11)14(2,3)4/h7-10H,5-6H2,1-4H3/t10-/m0/s1. The third-order valence-corrected chi connectivity index (χ3v) is 3.39. The molecule has 0 saturated carbocycles. The van der Waals surface area contributed by atoms with E-state index >= 15 is 0 Å².